The van der Waals surface area contributed by atoms with E-state index in [1.54, 1.807) is 0 Å². The summed E-state index contributed by atoms with van der Waals surface area (Å²) in [6.07, 6.45) is -42.8. The number of hydrogen-bond acceptors (Lipinski definition) is 5. The summed E-state index contributed by atoms with van der Waals surface area (Å²) in [5.41, 5.74) is -21.0. The van der Waals surface area contributed by atoms with Gasteiger partial charge in [0, 0.05) is 0 Å². The van der Waals surface area contributed by atoms with Crippen molar-refractivity contribution in [3.63, 3.8) is 0 Å². The lowest BCUT2D eigenvalue weighted by Gasteiger charge is -2.44. The number of carbonyl (C=O) groups excluding carboxylic acids is 1. The summed E-state index contributed by atoms with van der Waals surface area (Å²) in [6, 6.07) is 0. The van der Waals surface area contributed by atoms with Crippen LogP contribution in [0.1, 0.15) is 0 Å². The maximum absolute atomic E-state index is 12.8. The Kier molecular flexibility index (Phi) is 6.72. The van der Waals surface area contributed by atoms with Crippen LogP contribution in [0, 0.1) is 0 Å². The molecule has 178 valence electrons. The molecule has 0 aromatic carbocycles. The van der Waals surface area contributed by atoms with E-state index in [-0.39, 0.29) is 0 Å². The van der Waals surface area contributed by atoms with Crippen molar-refractivity contribution in [3.05, 3.63) is 11.3 Å². The standard InChI is InChI=1S/C10H3F15O5/c11-6(12,13)2(30-3(26)27)1(4(28,7(14,15)16)8(17,18)19)5(29,9(20,21)22)10(23,24)25/h28-29H,(H,26,27)/p-1. The second kappa shape index (κ2) is 7.24. The van der Waals surface area contributed by atoms with Crippen molar-refractivity contribution in [1.29, 1.82) is 0 Å². The Labute approximate surface area is 151 Å². The van der Waals surface area contributed by atoms with Crippen LogP contribution in [0.5, 0.6) is 0 Å². The van der Waals surface area contributed by atoms with Gasteiger partial charge in [-0.15, -0.1) is 0 Å². The molecule has 0 aliphatic heterocycles. The molecule has 0 radical (unpaired) electrons. The molecule has 0 aromatic rings. The molecule has 0 atom stereocenters. The zero-order valence-corrected chi connectivity index (χ0v) is 12.8. The van der Waals surface area contributed by atoms with E-state index < -0.39 is 59.6 Å². The smallest absolute Gasteiger partial charge is 0.431 e. The Balaban J connectivity index is 8.26. The van der Waals surface area contributed by atoms with E-state index in [9.17, 15) is 75.8 Å². The number of rotatable bonds is 3. The quantitative estimate of drug-likeness (QED) is 0.363. The monoisotopic (exact) mass is 487 g/mol. The van der Waals surface area contributed by atoms with Crippen LogP contribution in [0.15, 0.2) is 11.3 Å². The van der Waals surface area contributed by atoms with Gasteiger partial charge >= 0.3 is 30.9 Å². The van der Waals surface area contributed by atoms with Crippen molar-refractivity contribution in [1.82, 2.24) is 0 Å². The maximum Gasteiger partial charge on any atom is 0.431 e. The summed E-state index contributed by atoms with van der Waals surface area (Å²) in [5.74, 6) is -4.85. The molecule has 0 aromatic heterocycles. The van der Waals surface area contributed by atoms with E-state index in [4.69, 9.17) is 10.2 Å². The highest BCUT2D eigenvalue weighted by Gasteiger charge is 2.85. The van der Waals surface area contributed by atoms with Crippen LogP contribution in [0.4, 0.5) is 70.7 Å². The number of aliphatic hydroxyl groups is 2. The lowest BCUT2D eigenvalue weighted by Crippen LogP contribution is -2.70. The Morgan fingerprint density at radius 2 is 0.833 bits per heavy atom. The summed E-state index contributed by atoms with van der Waals surface area (Å²) in [4.78, 5) is 10.1. The third-order valence-electron chi connectivity index (χ3n) is 3.03. The Morgan fingerprint density at radius 1 is 0.600 bits per heavy atom. The predicted octanol–water partition coefficient (Wildman–Crippen LogP) is 2.87. The number of carbonyl (C=O) groups is 1. The van der Waals surface area contributed by atoms with Crippen LogP contribution in [0.3, 0.4) is 0 Å². The highest BCUT2D eigenvalue weighted by molar-refractivity contribution is 5.57. The molecule has 0 heterocycles. The molecule has 0 amide bonds. The fourth-order valence-electron chi connectivity index (χ4n) is 1.81. The fraction of sp³-hybridized carbons (Fsp3) is 0.700. The topological polar surface area (TPSA) is 89.8 Å². The third-order valence-corrected chi connectivity index (χ3v) is 3.03. The number of ether oxygens (including phenoxy) is 1. The van der Waals surface area contributed by atoms with Gasteiger partial charge in [-0.1, -0.05) is 0 Å². The zero-order valence-electron chi connectivity index (χ0n) is 12.8. The molecule has 0 saturated carbocycles. The molecule has 0 unspecified atom stereocenters. The predicted molar refractivity (Wildman–Crippen MR) is 53.7 cm³/mol. The molecule has 0 fully saturated rings. The van der Waals surface area contributed by atoms with Gasteiger partial charge in [0.1, 0.15) is 5.76 Å². The summed E-state index contributed by atoms with van der Waals surface area (Å²) in [6.45, 7) is 0. The van der Waals surface area contributed by atoms with Crippen molar-refractivity contribution in [2.45, 2.75) is 42.1 Å². The first-order valence-electron chi connectivity index (χ1n) is 6.10. The van der Waals surface area contributed by atoms with Crippen molar-refractivity contribution in [2.24, 2.45) is 0 Å². The Morgan fingerprint density at radius 3 is 0.967 bits per heavy atom. The van der Waals surface area contributed by atoms with Crippen molar-refractivity contribution in [2.75, 3.05) is 0 Å². The second-order valence-electron chi connectivity index (χ2n) is 4.97. The maximum atomic E-state index is 12.8. The number of hydrogen-bond donors (Lipinski definition) is 2. The molecule has 0 bridgehead atoms. The molecule has 0 aliphatic carbocycles. The van der Waals surface area contributed by atoms with Gasteiger partial charge in [-0.2, -0.15) is 65.9 Å². The molecular formula is C10H2F15O5-. The lowest BCUT2D eigenvalue weighted by molar-refractivity contribution is -0.395. The summed E-state index contributed by atoms with van der Waals surface area (Å²) in [7, 11) is 0. The molecular weight excluding hydrogens is 485 g/mol. The van der Waals surface area contributed by atoms with Crippen LogP contribution in [-0.2, 0) is 4.74 Å². The Hall–Kier alpha value is -2.12. The first-order valence-corrected chi connectivity index (χ1v) is 6.10. The molecule has 0 saturated heterocycles. The van der Waals surface area contributed by atoms with E-state index in [2.05, 4.69) is 4.74 Å². The molecule has 0 aliphatic rings. The first kappa shape index (κ1) is 27.9. The number of halogens is 15. The van der Waals surface area contributed by atoms with E-state index in [0.29, 0.717) is 0 Å². The minimum Gasteiger partial charge on any atom is -0.509 e. The largest absolute Gasteiger partial charge is 0.509 e. The summed E-state index contributed by atoms with van der Waals surface area (Å²) in [5, 5.41) is 27.6. The number of carboxylic acid groups (broad SMARTS) is 1. The molecule has 0 spiro atoms. The minimum absolute atomic E-state index is 2.19. The fourth-order valence-corrected chi connectivity index (χ4v) is 1.81. The molecule has 30 heavy (non-hydrogen) atoms. The van der Waals surface area contributed by atoms with Crippen molar-refractivity contribution in [3.8, 4) is 0 Å². The van der Waals surface area contributed by atoms with Crippen LogP contribution in [0.25, 0.3) is 0 Å². The number of alkyl halides is 15. The second-order valence-corrected chi connectivity index (χ2v) is 4.97. The van der Waals surface area contributed by atoms with Crippen molar-refractivity contribution < 1.29 is 90.7 Å². The van der Waals surface area contributed by atoms with Gasteiger partial charge < -0.3 is 24.9 Å². The first-order chi connectivity index (χ1) is 12.7. The molecule has 2 N–H and O–H groups in total. The van der Waals surface area contributed by atoms with Crippen LogP contribution in [-0.4, -0.2) is 58.5 Å². The highest BCUT2D eigenvalue weighted by atomic mass is 19.4. The average Bonchev–Trinajstić information content (AvgIpc) is 2.39. The molecule has 0 rings (SSSR count). The summed E-state index contributed by atoms with van der Waals surface area (Å²) < 4.78 is 194. The van der Waals surface area contributed by atoms with Gasteiger partial charge in [0.2, 0.25) is 0 Å². The molecule has 20 heteroatoms. The van der Waals surface area contributed by atoms with Crippen LogP contribution >= 0.6 is 0 Å². The zero-order chi connectivity index (χ0) is 24.9. The third kappa shape index (κ3) is 4.47. The van der Waals surface area contributed by atoms with E-state index in [1.165, 1.54) is 0 Å². The Bertz CT molecular complexity index is 621. The van der Waals surface area contributed by atoms with Gasteiger partial charge in [-0.3, -0.25) is 0 Å². The van der Waals surface area contributed by atoms with E-state index in [0.717, 1.165) is 0 Å². The average molecular weight is 487 g/mol. The van der Waals surface area contributed by atoms with Gasteiger partial charge in [-0.25, -0.2) is 0 Å². The van der Waals surface area contributed by atoms with E-state index >= 15 is 0 Å². The normalized spacial score (nSPS) is 15.1. The minimum atomic E-state index is -7.89. The van der Waals surface area contributed by atoms with Gasteiger partial charge in [0.15, 0.2) is 0 Å². The van der Waals surface area contributed by atoms with Gasteiger partial charge in [0.25, 0.3) is 17.4 Å². The molecule has 5 nitrogen and oxygen atoms in total. The highest BCUT2D eigenvalue weighted by Crippen LogP contribution is 2.59. The summed E-state index contributed by atoms with van der Waals surface area (Å²) >= 11 is 0. The van der Waals surface area contributed by atoms with E-state index in [1.807, 2.05) is 0 Å². The lowest BCUT2D eigenvalue weighted by atomic mass is 9.77. The van der Waals surface area contributed by atoms with Gasteiger partial charge in [0.05, 0.1) is 5.57 Å². The number of allylic oxidation sites excluding steroid dienone is 1. The van der Waals surface area contributed by atoms with Crippen LogP contribution < -0.4 is 5.11 Å². The van der Waals surface area contributed by atoms with Crippen molar-refractivity contribution >= 4 is 6.16 Å². The van der Waals surface area contributed by atoms with Gasteiger partial charge in [-0.05, 0) is 0 Å². The SMILES string of the molecule is O=C([O-])OC(=C(C(O)(C(F)(F)F)C(F)(F)F)C(O)(C(F)(F)F)C(F)(F)F)C(F)(F)F. The van der Waals surface area contributed by atoms with Crippen LogP contribution in [0.2, 0.25) is 0 Å².